The summed E-state index contributed by atoms with van der Waals surface area (Å²) in [6, 6.07) is 13.8. The van der Waals surface area contributed by atoms with Gasteiger partial charge in [-0.25, -0.2) is 4.98 Å². The van der Waals surface area contributed by atoms with Gasteiger partial charge in [0, 0.05) is 13.1 Å². The largest absolute Gasteiger partial charge is 0.494 e. The SMILES string of the molecule is Cn1c(CN2CCC(CCOc3ccc(Cl)c(Cl)c3)CC2)nc2ccccc21. The molecule has 0 aliphatic carbocycles. The molecule has 0 radical (unpaired) electrons. The number of piperidine rings is 1. The molecule has 1 aliphatic heterocycles. The molecule has 0 saturated carbocycles. The van der Waals surface area contributed by atoms with Gasteiger partial charge in [0.15, 0.2) is 0 Å². The fraction of sp³-hybridized carbons (Fsp3) is 0.409. The van der Waals surface area contributed by atoms with Crippen molar-refractivity contribution in [3.63, 3.8) is 0 Å². The van der Waals surface area contributed by atoms with Crippen molar-refractivity contribution in [2.24, 2.45) is 13.0 Å². The van der Waals surface area contributed by atoms with Crippen LogP contribution in [0.4, 0.5) is 0 Å². The standard InChI is InChI=1S/C22H25Cl2N3O/c1-26-21-5-3-2-4-20(21)25-22(26)15-27-11-8-16(9-12-27)10-13-28-17-6-7-18(23)19(24)14-17/h2-7,14,16H,8-13,15H2,1H3. The van der Waals surface area contributed by atoms with Crippen LogP contribution in [0.15, 0.2) is 42.5 Å². The molecular formula is C22H25Cl2N3O. The van der Waals surface area contributed by atoms with Gasteiger partial charge in [-0.15, -0.1) is 0 Å². The van der Waals surface area contributed by atoms with E-state index in [0.717, 1.165) is 43.1 Å². The highest BCUT2D eigenvalue weighted by Crippen LogP contribution is 2.27. The lowest BCUT2D eigenvalue weighted by Gasteiger charge is -2.31. The molecule has 2 heterocycles. The first kappa shape index (κ1) is 19.6. The second kappa shape index (κ2) is 8.73. The molecular weight excluding hydrogens is 393 g/mol. The molecule has 0 amide bonds. The highest BCUT2D eigenvalue weighted by atomic mass is 35.5. The lowest BCUT2D eigenvalue weighted by Crippen LogP contribution is -2.34. The molecule has 0 unspecified atom stereocenters. The molecule has 0 N–H and O–H groups in total. The molecule has 1 saturated heterocycles. The summed E-state index contributed by atoms with van der Waals surface area (Å²) < 4.78 is 8.06. The van der Waals surface area contributed by atoms with Gasteiger partial charge < -0.3 is 9.30 Å². The number of hydrogen-bond acceptors (Lipinski definition) is 3. The molecule has 1 aromatic heterocycles. The number of rotatable bonds is 6. The van der Waals surface area contributed by atoms with Crippen molar-refractivity contribution >= 4 is 34.2 Å². The van der Waals surface area contributed by atoms with Crippen molar-refractivity contribution in [1.82, 2.24) is 14.5 Å². The molecule has 3 aromatic rings. The molecule has 4 nitrogen and oxygen atoms in total. The van der Waals surface area contributed by atoms with Gasteiger partial charge in [-0.05, 0) is 62.5 Å². The Morgan fingerprint density at radius 3 is 2.61 bits per heavy atom. The summed E-state index contributed by atoms with van der Waals surface area (Å²) in [6.07, 6.45) is 3.48. The maximum atomic E-state index is 6.04. The van der Waals surface area contributed by atoms with Crippen LogP contribution in [-0.4, -0.2) is 34.1 Å². The Balaban J connectivity index is 1.24. The highest BCUT2D eigenvalue weighted by molar-refractivity contribution is 6.42. The molecule has 148 valence electrons. The van der Waals surface area contributed by atoms with Crippen LogP contribution in [0, 0.1) is 5.92 Å². The first-order valence-electron chi connectivity index (χ1n) is 9.80. The molecule has 28 heavy (non-hydrogen) atoms. The van der Waals surface area contributed by atoms with Gasteiger partial charge in [0.05, 0.1) is 34.2 Å². The highest BCUT2D eigenvalue weighted by Gasteiger charge is 2.21. The third-order valence-corrected chi connectivity index (χ3v) is 6.38. The van der Waals surface area contributed by atoms with Crippen LogP contribution in [-0.2, 0) is 13.6 Å². The number of likely N-dealkylation sites (tertiary alicyclic amines) is 1. The number of para-hydroxylation sites is 2. The maximum Gasteiger partial charge on any atom is 0.123 e. The molecule has 0 spiro atoms. The number of fused-ring (bicyclic) bond motifs is 1. The fourth-order valence-electron chi connectivity index (χ4n) is 3.88. The number of aromatic nitrogens is 2. The van der Waals surface area contributed by atoms with Crippen LogP contribution in [0.1, 0.15) is 25.1 Å². The summed E-state index contributed by atoms with van der Waals surface area (Å²) in [6.45, 7) is 3.85. The summed E-state index contributed by atoms with van der Waals surface area (Å²) in [5, 5.41) is 1.09. The van der Waals surface area contributed by atoms with Gasteiger partial charge in [0.25, 0.3) is 0 Å². The van der Waals surface area contributed by atoms with Crippen LogP contribution in [0.2, 0.25) is 10.0 Å². The van der Waals surface area contributed by atoms with Gasteiger partial charge in [-0.2, -0.15) is 0 Å². The Labute approximate surface area is 176 Å². The number of ether oxygens (including phenoxy) is 1. The van der Waals surface area contributed by atoms with Crippen molar-refractivity contribution < 1.29 is 4.74 Å². The summed E-state index contributed by atoms with van der Waals surface area (Å²) >= 11 is 12.0. The van der Waals surface area contributed by atoms with Gasteiger partial charge in [0.1, 0.15) is 11.6 Å². The monoisotopic (exact) mass is 417 g/mol. The molecule has 6 heteroatoms. The number of nitrogens with zero attached hydrogens (tertiary/aromatic N) is 3. The minimum Gasteiger partial charge on any atom is -0.494 e. The second-order valence-corrected chi connectivity index (χ2v) is 8.32. The molecule has 0 bridgehead atoms. The Morgan fingerprint density at radius 2 is 1.86 bits per heavy atom. The van der Waals surface area contributed by atoms with E-state index >= 15 is 0 Å². The molecule has 1 aliphatic rings. The number of imidazole rings is 1. The lowest BCUT2D eigenvalue weighted by atomic mass is 9.94. The summed E-state index contributed by atoms with van der Waals surface area (Å²) in [4.78, 5) is 7.31. The van der Waals surface area contributed by atoms with E-state index in [1.807, 2.05) is 12.1 Å². The molecule has 1 fully saturated rings. The van der Waals surface area contributed by atoms with E-state index < -0.39 is 0 Å². The first-order chi connectivity index (χ1) is 13.6. The third kappa shape index (κ3) is 4.45. The van der Waals surface area contributed by atoms with E-state index in [9.17, 15) is 0 Å². The Morgan fingerprint density at radius 1 is 1.07 bits per heavy atom. The molecule has 0 atom stereocenters. The van der Waals surface area contributed by atoms with Crippen LogP contribution in [0.5, 0.6) is 5.75 Å². The van der Waals surface area contributed by atoms with Gasteiger partial charge in [-0.1, -0.05) is 35.3 Å². The first-order valence-corrected chi connectivity index (χ1v) is 10.6. The minimum absolute atomic E-state index is 0.537. The van der Waals surface area contributed by atoms with Crippen molar-refractivity contribution in [1.29, 1.82) is 0 Å². The smallest absolute Gasteiger partial charge is 0.123 e. The van der Waals surface area contributed by atoms with E-state index in [1.165, 1.54) is 18.4 Å². The van der Waals surface area contributed by atoms with Crippen LogP contribution in [0.3, 0.4) is 0 Å². The van der Waals surface area contributed by atoms with E-state index in [4.69, 9.17) is 32.9 Å². The van der Waals surface area contributed by atoms with Crippen LogP contribution >= 0.6 is 23.2 Å². The van der Waals surface area contributed by atoms with Crippen molar-refractivity contribution in [3.8, 4) is 5.75 Å². The minimum atomic E-state index is 0.537. The van der Waals surface area contributed by atoms with E-state index in [-0.39, 0.29) is 0 Å². The number of halogens is 2. The van der Waals surface area contributed by atoms with Gasteiger partial charge in [-0.3, -0.25) is 4.90 Å². The second-order valence-electron chi connectivity index (χ2n) is 7.51. The molecule has 4 rings (SSSR count). The van der Waals surface area contributed by atoms with Crippen molar-refractivity contribution in [3.05, 3.63) is 58.3 Å². The predicted octanol–water partition coefficient (Wildman–Crippen LogP) is 5.56. The summed E-state index contributed by atoms with van der Waals surface area (Å²) in [5.41, 5.74) is 2.28. The van der Waals surface area contributed by atoms with Gasteiger partial charge >= 0.3 is 0 Å². The topological polar surface area (TPSA) is 30.3 Å². The zero-order valence-corrected chi connectivity index (χ0v) is 17.6. The fourth-order valence-corrected chi connectivity index (χ4v) is 4.17. The number of aryl methyl sites for hydroxylation is 1. The zero-order valence-electron chi connectivity index (χ0n) is 16.1. The maximum absolute atomic E-state index is 6.04. The van der Waals surface area contributed by atoms with E-state index in [1.54, 1.807) is 12.1 Å². The normalized spacial score (nSPS) is 16.0. The third-order valence-electron chi connectivity index (χ3n) is 5.64. The quantitative estimate of drug-likeness (QED) is 0.525. The average molecular weight is 418 g/mol. The average Bonchev–Trinajstić information content (AvgIpc) is 3.02. The van der Waals surface area contributed by atoms with Crippen molar-refractivity contribution in [2.45, 2.75) is 25.8 Å². The van der Waals surface area contributed by atoms with Gasteiger partial charge in [0.2, 0.25) is 0 Å². The Kier molecular flexibility index (Phi) is 6.10. The zero-order chi connectivity index (χ0) is 19.5. The van der Waals surface area contributed by atoms with Crippen LogP contribution < -0.4 is 4.74 Å². The predicted molar refractivity (Wildman–Crippen MR) is 115 cm³/mol. The van der Waals surface area contributed by atoms with E-state index in [0.29, 0.717) is 22.6 Å². The van der Waals surface area contributed by atoms with Crippen molar-refractivity contribution in [2.75, 3.05) is 19.7 Å². The molecule has 2 aromatic carbocycles. The van der Waals surface area contributed by atoms with E-state index in [2.05, 4.69) is 34.7 Å². The van der Waals surface area contributed by atoms with Crippen LogP contribution in [0.25, 0.3) is 11.0 Å². The Hall–Kier alpha value is -1.75. The number of benzene rings is 2. The summed E-state index contributed by atoms with van der Waals surface area (Å²) in [5.74, 6) is 2.63. The number of hydrogen-bond donors (Lipinski definition) is 0. The lowest BCUT2D eigenvalue weighted by molar-refractivity contribution is 0.154. The summed E-state index contributed by atoms with van der Waals surface area (Å²) in [7, 11) is 2.11. The Bertz CT molecular complexity index is 948.